The average molecular weight is 450 g/mol. The molecule has 0 spiro atoms. The second-order valence-electron chi connectivity index (χ2n) is 7.42. The highest BCUT2D eigenvalue weighted by Gasteiger charge is 2.15. The van der Waals surface area contributed by atoms with E-state index in [1.807, 2.05) is 0 Å². The van der Waals surface area contributed by atoms with Gasteiger partial charge in [0, 0.05) is 23.4 Å². The summed E-state index contributed by atoms with van der Waals surface area (Å²) in [6, 6.07) is 23.0. The first-order valence-corrected chi connectivity index (χ1v) is 10.2. The largest absolute Gasteiger partial charge is 0.478 e. The lowest BCUT2D eigenvalue weighted by Gasteiger charge is -2.10. The fraction of sp³-hybridized carbons (Fsp3) is 0. The van der Waals surface area contributed by atoms with Crippen LogP contribution in [-0.4, -0.2) is 16.1 Å². The number of aromatic nitrogens is 1. The van der Waals surface area contributed by atoms with Crippen molar-refractivity contribution in [3.8, 4) is 40.0 Å². The molecular formula is C27H15FN2O4. The van der Waals surface area contributed by atoms with Gasteiger partial charge in [-0.15, -0.1) is 0 Å². The van der Waals surface area contributed by atoms with Crippen molar-refractivity contribution in [3.63, 3.8) is 0 Å². The molecule has 0 aliphatic heterocycles. The lowest BCUT2D eigenvalue weighted by atomic mass is 10.0. The summed E-state index contributed by atoms with van der Waals surface area (Å²) in [6.45, 7) is 0. The fourth-order valence-electron chi connectivity index (χ4n) is 3.60. The van der Waals surface area contributed by atoms with Gasteiger partial charge >= 0.3 is 5.97 Å². The van der Waals surface area contributed by atoms with E-state index in [2.05, 4.69) is 11.1 Å². The first-order valence-electron chi connectivity index (χ1n) is 10.2. The van der Waals surface area contributed by atoms with Crippen molar-refractivity contribution in [1.29, 1.82) is 5.26 Å². The Balaban J connectivity index is 1.53. The number of nitrogens with zero attached hydrogens (tertiary/aromatic N) is 2. The van der Waals surface area contributed by atoms with E-state index in [4.69, 9.17) is 14.3 Å². The maximum Gasteiger partial charge on any atom is 0.335 e. The van der Waals surface area contributed by atoms with E-state index in [-0.39, 0.29) is 22.6 Å². The summed E-state index contributed by atoms with van der Waals surface area (Å²) in [6.07, 6.45) is 1.64. The Morgan fingerprint density at radius 3 is 2.47 bits per heavy atom. The van der Waals surface area contributed by atoms with Crippen LogP contribution in [0.4, 0.5) is 4.39 Å². The number of furan rings is 1. The molecular weight excluding hydrogens is 435 g/mol. The van der Waals surface area contributed by atoms with Gasteiger partial charge in [0.1, 0.15) is 23.1 Å². The summed E-state index contributed by atoms with van der Waals surface area (Å²) in [4.78, 5) is 15.5. The Morgan fingerprint density at radius 1 is 0.971 bits per heavy atom. The molecule has 2 aromatic heterocycles. The van der Waals surface area contributed by atoms with Crippen molar-refractivity contribution in [1.82, 2.24) is 4.98 Å². The number of aromatic carboxylic acids is 1. The molecule has 0 radical (unpaired) electrons. The number of benzene rings is 3. The van der Waals surface area contributed by atoms with E-state index in [0.717, 1.165) is 0 Å². The van der Waals surface area contributed by atoms with Crippen LogP contribution >= 0.6 is 0 Å². The lowest BCUT2D eigenvalue weighted by Crippen LogP contribution is -1.94. The number of hydrogen-bond donors (Lipinski definition) is 1. The van der Waals surface area contributed by atoms with E-state index in [9.17, 15) is 14.4 Å². The van der Waals surface area contributed by atoms with Gasteiger partial charge < -0.3 is 14.3 Å². The summed E-state index contributed by atoms with van der Waals surface area (Å²) < 4.78 is 25.7. The van der Waals surface area contributed by atoms with Crippen LogP contribution in [0.1, 0.15) is 15.9 Å². The van der Waals surface area contributed by atoms with Crippen LogP contribution < -0.4 is 4.74 Å². The summed E-state index contributed by atoms with van der Waals surface area (Å²) in [5, 5.41) is 18.8. The molecule has 7 heteroatoms. The minimum atomic E-state index is -1.00. The first kappa shape index (κ1) is 20.9. The third kappa shape index (κ3) is 3.85. The third-order valence-corrected chi connectivity index (χ3v) is 5.30. The molecule has 1 N–H and O–H groups in total. The van der Waals surface area contributed by atoms with Gasteiger partial charge in [-0.25, -0.2) is 9.18 Å². The van der Waals surface area contributed by atoms with Gasteiger partial charge in [0.05, 0.1) is 11.1 Å². The molecule has 3 aromatic carbocycles. The molecule has 0 amide bonds. The molecule has 0 saturated heterocycles. The van der Waals surface area contributed by atoms with Crippen LogP contribution in [0.3, 0.4) is 0 Å². The van der Waals surface area contributed by atoms with E-state index in [1.54, 1.807) is 60.8 Å². The standard InChI is InChI=1S/C27H15FN2O4/c28-21-3-1-2-4-24(21)33-23-10-9-18(13-19(23)15-29)20-11-12-30-22-14-25(34-26(20)22)16-5-7-17(8-6-16)27(31)32/h1-14H,(H,31,32). The maximum absolute atomic E-state index is 14.0. The fourth-order valence-corrected chi connectivity index (χ4v) is 3.60. The van der Waals surface area contributed by atoms with Gasteiger partial charge in [-0.3, -0.25) is 4.98 Å². The van der Waals surface area contributed by atoms with Crippen LogP contribution in [0.5, 0.6) is 11.5 Å². The topological polar surface area (TPSA) is 96.4 Å². The minimum Gasteiger partial charge on any atom is -0.478 e. The zero-order chi connectivity index (χ0) is 23.7. The second kappa shape index (κ2) is 8.52. The predicted molar refractivity (Wildman–Crippen MR) is 123 cm³/mol. The smallest absolute Gasteiger partial charge is 0.335 e. The highest BCUT2D eigenvalue weighted by atomic mass is 19.1. The Morgan fingerprint density at radius 2 is 1.74 bits per heavy atom. The molecule has 0 saturated carbocycles. The third-order valence-electron chi connectivity index (χ3n) is 5.30. The van der Waals surface area contributed by atoms with Crippen LogP contribution in [-0.2, 0) is 0 Å². The second-order valence-corrected chi connectivity index (χ2v) is 7.42. The van der Waals surface area contributed by atoms with Gasteiger partial charge in [-0.2, -0.15) is 5.26 Å². The number of fused-ring (bicyclic) bond motifs is 1. The monoisotopic (exact) mass is 450 g/mol. The number of halogens is 1. The number of para-hydroxylation sites is 1. The van der Waals surface area contributed by atoms with E-state index < -0.39 is 11.8 Å². The van der Waals surface area contributed by atoms with Crippen LogP contribution in [0.15, 0.2) is 89.5 Å². The molecule has 0 aliphatic rings. The molecule has 2 heterocycles. The molecule has 0 bridgehead atoms. The lowest BCUT2D eigenvalue weighted by molar-refractivity contribution is 0.0697. The molecule has 0 aliphatic carbocycles. The Bertz CT molecular complexity index is 1580. The minimum absolute atomic E-state index is 0.0302. The molecule has 6 nitrogen and oxygen atoms in total. The van der Waals surface area contributed by atoms with E-state index in [1.165, 1.54) is 24.3 Å². The molecule has 0 atom stereocenters. The number of carboxylic acids is 1. The van der Waals surface area contributed by atoms with E-state index >= 15 is 0 Å². The van der Waals surface area contributed by atoms with E-state index in [0.29, 0.717) is 33.6 Å². The van der Waals surface area contributed by atoms with Gasteiger partial charge in [-0.1, -0.05) is 30.3 Å². The van der Waals surface area contributed by atoms with Crippen molar-refractivity contribution in [2.45, 2.75) is 0 Å². The molecule has 164 valence electrons. The van der Waals surface area contributed by atoms with Crippen molar-refractivity contribution in [3.05, 3.63) is 102 Å². The molecule has 0 fully saturated rings. The zero-order valence-electron chi connectivity index (χ0n) is 17.5. The number of ether oxygens (including phenoxy) is 1. The molecule has 34 heavy (non-hydrogen) atoms. The number of hydrogen-bond acceptors (Lipinski definition) is 5. The quantitative estimate of drug-likeness (QED) is 0.321. The Hall–Kier alpha value is -4.96. The zero-order valence-corrected chi connectivity index (χ0v) is 17.5. The highest BCUT2D eigenvalue weighted by molar-refractivity contribution is 5.93. The SMILES string of the molecule is N#Cc1cc(-c2ccnc3cc(-c4ccc(C(=O)O)cc4)oc23)ccc1Oc1ccccc1F. The van der Waals surface area contributed by atoms with Crippen molar-refractivity contribution >= 4 is 17.1 Å². The Kier molecular flexibility index (Phi) is 5.24. The number of carboxylic acid groups (broad SMARTS) is 1. The molecule has 0 unspecified atom stereocenters. The van der Waals surface area contributed by atoms with Crippen molar-refractivity contribution < 1.29 is 23.4 Å². The van der Waals surface area contributed by atoms with Gasteiger partial charge in [0.2, 0.25) is 0 Å². The van der Waals surface area contributed by atoms with Crippen LogP contribution in [0.25, 0.3) is 33.6 Å². The Labute approximate surface area is 193 Å². The summed E-state index contributed by atoms with van der Waals surface area (Å²) >= 11 is 0. The van der Waals surface area contributed by atoms with Gasteiger partial charge in [0.15, 0.2) is 17.1 Å². The number of carbonyl (C=O) groups is 1. The normalized spacial score (nSPS) is 10.7. The number of nitriles is 1. The number of pyridine rings is 1. The number of rotatable bonds is 5. The van der Waals surface area contributed by atoms with Gasteiger partial charge in [0.25, 0.3) is 0 Å². The van der Waals surface area contributed by atoms with Gasteiger partial charge in [-0.05, 0) is 48.0 Å². The highest BCUT2D eigenvalue weighted by Crippen LogP contribution is 2.36. The summed E-state index contributed by atoms with van der Waals surface area (Å²) in [7, 11) is 0. The molecule has 5 rings (SSSR count). The summed E-state index contributed by atoms with van der Waals surface area (Å²) in [5.41, 5.74) is 3.67. The van der Waals surface area contributed by atoms with Crippen LogP contribution in [0, 0.1) is 17.1 Å². The molecule has 5 aromatic rings. The maximum atomic E-state index is 14.0. The predicted octanol–water partition coefficient (Wildman–Crippen LogP) is 6.66. The summed E-state index contributed by atoms with van der Waals surface area (Å²) in [5.74, 6) is -0.725. The van der Waals surface area contributed by atoms with Crippen molar-refractivity contribution in [2.24, 2.45) is 0 Å². The first-order chi connectivity index (χ1) is 16.5. The van der Waals surface area contributed by atoms with Crippen LogP contribution in [0.2, 0.25) is 0 Å². The van der Waals surface area contributed by atoms with Crippen molar-refractivity contribution in [2.75, 3.05) is 0 Å². The average Bonchev–Trinajstić information content (AvgIpc) is 3.30.